The van der Waals surface area contributed by atoms with E-state index >= 15 is 0 Å². The highest BCUT2D eigenvalue weighted by Crippen LogP contribution is 2.14. The molecule has 0 unspecified atom stereocenters. The molecule has 57 heavy (non-hydrogen) atoms. The summed E-state index contributed by atoms with van der Waals surface area (Å²) in [6.45, 7) is 10.6. The predicted molar refractivity (Wildman–Crippen MR) is 205 cm³/mol. The van der Waals surface area contributed by atoms with Crippen LogP contribution >= 0.6 is 11.8 Å². The van der Waals surface area contributed by atoms with Crippen LogP contribution in [0.5, 0.6) is 0 Å². The zero-order valence-electron chi connectivity index (χ0n) is 33.5. The largest absolute Gasteiger partial charge is 0.481 e. The maximum Gasteiger partial charge on any atom is 0.325 e. The Labute approximate surface area is 335 Å². The Morgan fingerprint density at radius 1 is 0.579 bits per heavy atom. The van der Waals surface area contributed by atoms with Crippen molar-refractivity contribution < 1.29 is 68.4 Å². The van der Waals surface area contributed by atoms with E-state index in [1.54, 1.807) is 34.0 Å². The lowest BCUT2D eigenvalue weighted by atomic mass is 9.96. The van der Waals surface area contributed by atoms with Gasteiger partial charge in [0.25, 0.3) is 0 Å². The van der Waals surface area contributed by atoms with Crippen LogP contribution in [0.4, 0.5) is 0 Å². The van der Waals surface area contributed by atoms with Crippen molar-refractivity contribution in [1.29, 1.82) is 0 Å². The SMILES string of the molecule is CSCC[C@H](NC(=O)[C@@H](NC(C)=O)C(C)C)C(=O)N[C@@H](CC(C)C)[C@@H](O)CC(=O)N[C@@H](CC(=O)O)C(=O)N[C@@H](C)C(=O)N[C@@H](CCC(=O)O)C(=O)N[C@@H](C)C(=O)O. The van der Waals surface area contributed by atoms with Crippen LogP contribution < -0.4 is 37.2 Å². The second kappa shape index (κ2) is 26.0. The van der Waals surface area contributed by atoms with E-state index in [0.29, 0.717) is 5.75 Å². The van der Waals surface area contributed by atoms with Gasteiger partial charge in [0.15, 0.2) is 0 Å². The number of carbonyl (C=O) groups is 10. The lowest BCUT2D eigenvalue weighted by Gasteiger charge is -2.29. The lowest BCUT2D eigenvalue weighted by molar-refractivity contribution is -0.142. The van der Waals surface area contributed by atoms with Crippen LogP contribution in [0.3, 0.4) is 0 Å². The smallest absolute Gasteiger partial charge is 0.325 e. The monoisotopic (exact) mass is 833 g/mol. The average Bonchev–Trinajstić information content (AvgIpc) is 3.08. The molecule has 0 spiro atoms. The fourth-order valence-corrected chi connectivity index (χ4v) is 5.65. The zero-order chi connectivity index (χ0) is 44.2. The van der Waals surface area contributed by atoms with Gasteiger partial charge in [-0.25, -0.2) is 0 Å². The summed E-state index contributed by atoms with van der Waals surface area (Å²) in [6.07, 6.45) is -2.11. The molecule has 0 saturated carbocycles. The minimum absolute atomic E-state index is 0.120. The molecule has 0 aromatic carbocycles. The Balaban J connectivity index is 5.92. The summed E-state index contributed by atoms with van der Waals surface area (Å²) in [6, 6.07) is -9.22. The van der Waals surface area contributed by atoms with Gasteiger partial charge in [0.05, 0.1) is 25.0 Å². The first-order chi connectivity index (χ1) is 26.4. The molecule has 0 aliphatic carbocycles. The molecule has 21 nitrogen and oxygen atoms in total. The van der Waals surface area contributed by atoms with Gasteiger partial charge in [-0.05, 0) is 57.0 Å². The summed E-state index contributed by atoms with van der Waals surface area (Å²) in [5.74, 6) is -10.1. The van der Waals surface area contributed by atoms with Crippen LogP contribution in [0, 0.1) is 11.8 Å². The Bertz CT molecular complexity index is 1450. The number of carboxylic acids is 3. The fraction of sp³-hybridized carbons (Fsp3) is 0.714. The molecule has 22 heteroatoms. The molecule has 0 bridgehead atoms. The number of thioether (sulfide) groups is 1. The molecule has 0 rings (SSSR count). The van der Waals surface area contributed by atoms with Crippen LogP contribution in [-0.4, -0.2) is 140 Å². The molecule has 324 valence electrons. The molecule has 0 aromatic heterocycles. The number of aliphatic hydroxyl groups is 1. The van der Waals surface area contributed by atoms with Crippen molar-refractivity contribution in [3.05, 3.63) is 0 Å². The van der Waals surface area contributed by atoms with E-state index in [-0.39, 0.29) is 24.7 Å². The zero-order valence-corrected chi connectivity index (χ0v) is 34.3. The van der Waals surface area contributed by atoms with Crippen LogP contribution in [0.2, 0.25) is 0 Å². The molecule has 0 aromatic rings. The van der Waals surface area contributed by atoms with Crippen LogP contribution in [0.25, 0.3) is 0 Å². The minimum Gasteiger partial charge on any atom is -0.481 e. The van der Waals surface area contributed by atoms with Gasteiger partial charge in [-0.1, -0.05) is 27.7 Å². The molecule has 0 aliphatic heterocycles. The highest BCUT2D eigenvalue weighted by molar-refractivity contribution is 7.98. The van der Waals surface area contributed by atoms with E-state index in [2.05, 4.69) is 37.2 Å². The van der Waals surface area contributed by atoms with Gasteiger partial charge in [0.2, 0.25) is 41.4 Å². The Kier molecular flexibility index (Phi) is 23.7. The number of aliphatic carboxylic acids is 3. The third kappa shape index (κ3) is 21.2. The predicted octanol–water partition coefficient (Wildman–Crippen LogP) is -1.93. The number of rotatable bonds is 27. The number of nitrogens with one attached hydrogen (secondary N) is 7. The third-order valence-corrected chi connectivity index (χ3v) is 8.90. The van der Waals surface area contributed by atoms with Gasteiger partial charge in [-0.2, -0.15) is 11.8 Å². The van der Waals surface area contributed by atoms with Crippen molar-refractivity contribution in [2.45, 2.75) is 135 Å². The molecular formula is C35H59N7O14S. The lowest BCUT2D eigenvalue weighted by Crippen LogP contribution is -2.58. The molecule has 0 fully saturated rings. The first-order valence-electron chi connectivity index (χ1n) is 18.3. The van der Waals surface area contributed by atoms with Crippen molar-refractivity contribution in [2.75, 3.05) is 12.0 Å². The number of carboxylic acid groups (broad SMARTS) is 3. The van der Waals surface area contributed by atoms with Gasteiger partial charge in [-0.3, -0.25) is 47.9 Å². The van der Waals surface area contributed by atoms with Crippen molar-refractivity contribution >= 4 is 71.0 Å². The standard InChI is InChI=1S/C35H59N7O14S/c1-16(2)13-23(42-32(52)22(11-12-57-8)41-34(54)29(17(3)4)38-20(7)43)25(44)15-26(45)39-24(14-28(48)49)33(53)36-18(5)30(50)40-21(9-10-27(46)47)31(51)37-19(6)35(55)56/h16-19,21-25,29,44H,9-15H2,1-8H3,(H,36,53)(H,37,51)(H,38,43)(H,39,45)(H,40,50)(H,41,54)(H,42,52)(H,46,47)(H,48,49)(H,55,56)/t18-,19-,21-,22-,23-,24-,25-,29-/m0/s1. The van der Waals surface area contributed by atoms with E-state index in [1.807, 2.05) is 0 Å². The molecule has 8 atom stereocenters. The number of hydrogen-bond acceptors (Lipinski definition) is 12. The van der Waals surface area contributed by atoms with E-state index in [0.717, 1.165) is 13.8 Å². The topological polar surface area (TPSA) is 336 Å². The first-order valence-corrected chi connectivity index (χ1v) is 19.7. The summed E-state index contributed by atoms with van der Waals surface area (Å²) in [5.41, 5.74) is 0. The average molecular weight is 834 g/mol. The van der Waals surface area contributed by atoms with Gasteiger partial charge in [0.1, 0.15) is 36.3 Å². The summed E-state index contributed by atoms with van der Waals surface area (Å²) >= 11 is 1.42. The Morgan fingerprint density at radius 2 is 1.11 bits per heavy atom. The number of aliphatic hydroxyl groups excluding tert-OH is 1. The maximum atomic E-state index is 13.5. The summed E-state index contributed by atoms with van der Waals surface area (Å²) in [7, 11) is 0. The molecule has 0 heterocycles. The summed E-state index contributed by atoms with van der Waals surface area (Å²) in [5, 5.41) is 55.3. The van der Waals surface area contributed by atoms with Crippen molar-refractivity contribution in [3.8, 4) is 0 Å². The molecule has 0 radical (unpaired) electrons. The molecule has 11 N–H and O–H groups in total. The number of hydrogen-bond donors (Lipinski definition) is 11. The fourth-order valence-electron chi connectivity index (χ4n) is 5.18. The molecular weight excluding hydrogens is 774 g/mol. The molecule has 0 saturated heterocycles. The number of carbonyl (C=O) groups excluding carboxylic acids is 7. The molecule has 0 aliphatic rings. The highest BCUT2D eigenvalue weighted by Gasteiger charge is 2.34. The van der Waals surface area contributed by atoms with E-state index in [1.165, 1.54) is 18.7 Å². The second-order valence-corrected chi connectivity index (χ2v) is 15.3. The van der Waals surface area contributed by atoms with Crippen LogP contribution in [-0.2, 0) is 47.9 Å². The Morgan fingerprint density at radius 3 is 1.60 bits per heavy atom. The van der Waals surface area contributed by atoms with Crippen molar-refractivity contribution in [3.63, 3.8) is 0 Å². The van der Waals surface area contributed by atoms with E-state index in [4.69, 9.17) is 10.2 Å². The van der Waals surface area contributed by atoms with Crippen LogP contribution in [0.15, 0.2) is 0 Å². The normalized spacial score (nSPS) is 15.3. The quantitative estimate of drug-likeness (QED) is 0.0429. The highest BCUT2D eigenvalue weighted by atomic mass is 32.2. The van der Waals surface area contributed by atoms with Crippen LogP contribution in [0.1, 0.15) is 87.0 Å². The van der Waals surface area contributed by atoms with E-state index < -0.39 is 133 Å². The van der Waals surface area contributed by atoms with Crippen molar-refractivity contribution in [1.82, 2.24) is 37.2 Å². The molecule has 7 amide bonds. The summed E-state index contributed by atoms with van der Waals surface area (Å²) in [4.78, 5) is 124. The van der Waals surface area contributed by atoms with Gasteiger partial charge in [-0.15, -0.1) is 0 Å². The van der Waals surface area contributed by atoms with Gasteiger partial charge >= 0.3 is 17.9 Å². The maximum absolute atomic E-state index is 13.5. The van der Waals surface area contributed by atoms with Crippen molar-refractivity contribution in [2.24, 2.45) is 11.8 Å². The first kappa shape index (κ1) is 52.0. The van der Waals surface area contributed by atoms with E-state index in [9.17, 15) is 58.2 Å². The van der Waals surface area contributed by atoms with Gasteiger partial charge < -0.3 is 57.6 Å². The number of amides is 7. The second-order valence-electron chi connectivity index (χ2n) is 14.3. The minimum atomic E-state index is -1.78. The van der Waals surface area contributed by atoms with Gasteiger partial charge in [0, 0.05) is 13.3 Å². The Hall–Kier alpha value is -4.99. The third-order valence-electron chi connectivity index (χ3n) is 8.26. The summed E-state index contributed by atoms with van der Waals surface area (Å²) < 4.78 is 0.